The number of nitrogens with one attached hydrogen (secondary N) is 1. The Hall–Kier alpha value is -3.85. The molecule has 4 rings (SSSR count). The van der Waals surface area contributed by atoms with Gasteiger partial charge in [0.15, 0.2) is 11.5 Å². The van der Waals surface area contributed by atoms with E-state index in [9.17, 15) is 4.79 Å². The van der Waals surface area contributed by atoms with Crippen LogP contribution in [0.4, 0.5) is 5.82 Å². The zero-order chi connectivity index (χ0) is 22.8. The highest BCUT2D eigenvalue weighted by molar-refractivity contribution is 6.29. The van der Waals surface area contributed by atoms with E-state index in [1.54, 1.807) is 30.1 Å². The van der Waals surface area contributed by atoms with Crippen molar-refractivity contribution in [1.29, 1.82) is 0 Å². The topological polar surface area (TPSA) is 124 Å². The Morgan fingerprint density at radius 1 is 1.06 bits per heavy atom. The van der Waals surface area contributed by atoms with Crippen LogP contribution in [-0.2, 0) is 13.6 Å². The number of anilines is 1. The monoisotopic (exact) mass is 448 g/mol. The third-order valence-corrected chi connectivity index (χ3v) is 4.86. The molecule has 0 aliphatic heterocycles. The molecule has 0 aliphatic carbocycles. The fourth-order valence-electron chi connectivity index (χ4n) is 3.25. The van der Waals surface area contributed by atoms with Crippen LogP contribution in [0.15, 0.2) is 42.6 Å². The quantitative estimate of drug-likeness (QED) is 0.449. The van der Waals surface area contributed by atoms with Crippen LogP contribution in [0.25, 0.3) is 22.6 Å². The summed E-state index contributed by atoms with van der Waals surface area (Å²) < 4.78 is 1.65. The van der Waals surface area contributed by atoms with Gasteiger partial charge in [-0.2, -0.15) is 5.10 Å². The molecule has 0 radical (unpaired) electrons. The molecular weight excluding hydrogens is 428 g/mol. The normalized spacial score (nSPS) is 10.9. The average Bonchev–Trinajstić information content (AvgIpc) is 3.17. The molecule has 3 N–H and O–H groups in total. The van der Waals surface area contributed by atoms with E-state index in [0.717, 1.165) is 11.4 Å². The smallest absolute Gasteiger partial charge is 0.274 e. The predicted molar refractivity (Wildman–Crippen MR) is 122 cm³/mol. The van der Waals surface area contributed by atoms with Crippen molar-refractivity contribution in [1.82, 2.24) is 35.0 Å². The third-order valence-electron chi connectivity index (χ3n) is 4.67. The highest BCUT2D eigenvalue weighted by atomic mass is 35.5. The van der Waals surface area contributed by atoms with Crippen LogP contribution in [0.2, 0.25) is 5.15 Å². The van der Waals surface area contributed by atoms with Gasteiger partial charge in [0.1, 0.15) is 16.5 Å². The summed E-state index contributed by atoms with van der Waals surface area (Å²) in [6.45, 7) is 3.95. The number of aromatic nitrogens is 6. The Labute approximate surface area is 189 Å². The summed E-state index contributed by atoms with van der Waals surface area (Å²) in [6.07, 6.45) is 1.79. The lowest BCUT2D eigenvalue weighted by Crippen LogP contribution is -2.26. The fourth-order valence-corrected chi connectivity index (χ4v) is 3.50. The van der Waals surface area contributed by atoms with Gasteiger partial charge in [-0.05, 0) is 44.2 Å². The fraction of sp³-hybridized carbons (Fsp3) is 0.182. The molecular formula is C22H21ClN8O. The first-order valence-electron chi connectivity index (χ1n) is 9.83. The molecule has 32 heavy (non-hydrogen) atoms. The Kier molecular flexibility index (Phi) is 5.83. The Balaban J connectivity index is 1.76. The molecule has 4 aromatic rings. The van der Waals surface area contributed by atoms with E-state index in [0.29, 0.717) is 33.5 Å². The standard InChI is InChI=1S/C22H21ClN8O/c1-12-5-4-6-15(26-12)11-25-22(32)20-21(24)29-19(16-7-8-31(3)30-16)18(28-20)14-9-13(2)27-17(23)10-14/h4-10H,11H2,1-3H3,(H2,24,29)(H,25,32). The molecule has 162 valence electrons. The lowest BCUT2D eigenvalue weighted by atomic mass is 10.1. The molecule has 0 aromatic carbocycles. The summed E-state index contributed by atoms with van der Waals surface area (Å²) in [5.74, 6) is -0.454. The molecule has 0 bridgehead atoms. The summed E-state index contributed by atoms with van der Waals surface area (Å²) in [5.41, 5.74) is 10.6. The van der Waals surface area contributed by atoms with Crippen LogP contribution in [0.5, 0.6) is 0 Å². The van der Waals surface area contributed by atoms with Gasteiger partial charge in [0, 0.05) is 30.2 Å². The number of hydrogen-bond donors (Lipinski definition) is 2. The molecule has 0 spiro atoms. The minimum absolute atomic E-state index is 0.000907. The summed E-state index contributed by atoms with van der Waals surface area (Å²) in [5, 5.41) is 7.53. The van der Waals surface area contributed by atoms with Crippen molar-refractivity contribution < 1.29 is 4.79 Å². The second-order valence-electron chi connectivity index (χ2n) is 7.30. The largest absolute Gasteiger partial charge is 0.382 e. The molecule has 0 atom stereocenters. The summed E-state index contributed by atoms with van der Waals surface area (Å²) in [7, 11) is 1.80. The van der Waals surface area contributed by atoms with Gasteiger partial charge in [0.2, 0.25) is 0 Å². The minimum Gasteiger partial charge on any atom is -0.382 e. The summed E-state index contributed by atoms with van der Waals surface area (Å²) >= 11 is 6.18. The van der Waals surface area contributed by atoms with E-state index in [1.165, 1.54) is 0 Å². The van der Waals surface area contributed by atoms with Crippen molar-refractivity contribution in [2.45, 2.75) is 20.4 Å². The second-order valence-corrected chi connectivity index (χ2v) is 7.69. The summed E-state index contributed by atoms with van der Waals surface area (Å²) in [6, 6.07) is 10.9. The number of pyridine rings is 2. The molecule has 4 aromatic heterocycles. The van der Waals surface area contributed by atoms with E-state index in [4.69, 9.17) is 17.3 Å². The number of nitrogen functional groups attached to an aromatic ring is 1. The zero-order valence-electron chi connectivity index (χ0n) is 17.8. The maximum atomic E-state index is 12.9. The van der Waals surface area contributed by atoms with Crippen LogP contribution >= 0.6 is 11.6 Å². The Morgan fingerprint density at radius 3 is 2.56 bits per heavy atom. The average molecular weight is 449 g/mol. The molecule has 9 nitrogen and oxygen atoms in total. The van der Waals surface area contributed by atoms with Gasteiger partial charge >= 0.3 is 0 Å². The van der Waals surface area contributed by atoms with Crippen molar-refractivity contribution in [3.8, 4) is 22.6 Å². The van der Waals surface area contributed by atoms with Gasteiger partial charge in [-0.15, -0.1) is 0 Å². The number of carbonyl (C=O) groups excluding carboxylic acids is 1. The van der Waals surface area contributed by atoms with Crippen LogP contribution in [0.1, 0.15) is 27.6 Å². The molecule has 1 amide bonds. The van der Waals surface area contributed by atoms with E-state index >= 15 is 0 Å². The lowest BCUT2D eigenvalue weighted by molar-refractivity contribution is 0.0946. The van der Waals surface area contributed by atoms with E-state index in [1.807, 2.05) is 38.1 Å². The number of rotatable bonds is 5. The van der Waals surface area contributed by atoms with Crippen molar-refractivity contribution in [2.75, 3.05) is 5.73 Å². The van der Waals surface area contributed by atoms with E-state index < -0.39 is 5.91 Å². The lowest BCUT2D eigenvalue weighted by Gasteiger charge is -2.12. The maximum Gasteiger partial charge on any atom is 0.274 e. The van der Waals surface area contributed by atoms with Crippen LogP contribution < -0.4 is 11.1 Å². The number of carbonyl (C=O) groups is 1. The minimum atomic E-state index is -0.455. The molecule has 0 unspecified atom stereocenters. The van der Waals surface area contributed by atoms with Crippen molar-refractivity contribution in [3.63, 3.8) is 0 Å². The molecule has 0 saturated heterocycles. The Morgan fingerprint density at radius 2 is 1.88 bits per heavy atom. The van der Waals surface area contributed by atoms with Gasteiger partial charge in [-0.25, -0.2) is 15.0 Å². The molecule has 0 fully saturated rings. The van der Waals surface area contributed by atoms with Crippen LogP contribution in [0, 0.1) is 13.8 Å². The van der Waals surface area contributed by atoms with Crippen LogP contribution in [-0.4, -0.2) is 35.6 Å². The molecule has 10 heteroatoms. The number of amides is 1. The third kappa shape index (κ3) is 4.57. The SMILES string of the molecule is Cc1cc(-c2nc(C(=O)NCc3cccc(C)n3)c(N)nc2-c2ccn(C)n2)cc(Cl)n1. The summed E-state index contributed by atoms with van der Waals surface area (Å²) in [4.78, 5) is 30.6. The van der Waals surface area contributed by atoms with Gasteiger partial charge in [0.25, 0.3) is 5.91 Å². The number of aryl methyl sites for hydroxylation is 3. The van der Waals surface area contributed by atoms with Crippen molar-refractivity contribution in [2.24, 2.45) is 7.05 Å². The Bertz CT molecular complexity index is 1300. The van der Waals surface area contributed by atoms with Gasteiger partial charge < -0.3 is 11.1 Å². The van der Waals surface area contributed by atoms with Gasteiger partial charge in [-0.3, -0.25) is 14.5 Å². The number of halogens is 1. The second kappa shape index (κ2) is 8.72. The van der Waals surface area contributed by atoms with E-state index in [-0.39, 0.29) is 18.1 Å². The molecule has 0 aliphatic rings. The van der Waals surface area contributed by atoms with Gasteiger partial charge in [0.05, 0.1) is 17.9 Å². The zero-order valence-corrected chi connectivity index (χ0v) is 18.6. The first-order chi connectivity index (χ1) is 15.3. The maximum absolute atomic E-state index is 12.9. The molecule has 4 heterocycles. The predicted octanol–water partition coefficient (Wildman–Crippen LogP) is 3.12. The van der Waals surface area contributed by atoms with E-state index in [2.05, 4.69) is 30.4 Å². The molecule has 0 saturated carbocycles. The van der Waals surface area contributed by atoms with Crippen molar-refractivity contribution in [3.05, 3.63) is 70.5 Å². The highest BCUT2D eigenvalue weighted by Gasteiger charge is 2.21. The van der Waals surface area contributed by atoms with Gasteiger partial charge in [-0.1, -0.05) is 17.7 Å². The number of nitrogens with zero attached hydrogens (tertiary/aromatic N) is 6. The first kappa shape index (κ1) is 21.4. The first-order valence-corrected chi connectivity index (χ1v) is 10.2. The number of nitrogens with two attached hydrogens (primary N) is 1. The van der Waals surface area contributed by atoms with Crippen molar-refractivity contribution >= 4 is 23.3 Å². The number of hydrogen-bond acceptors (Lipinski definition) is 7. The van der Waals surface area contributed by atoms with Crippen LogP contribution in [0.3, 0.4) is 0 Å². The highest BCUT2D eigenvalue weighted by Crippen LogP contribution is 2.31.